The van der Waals surface area contributed by atoms with Gasteiger partial charge in [0.1, 0.15) is 0 Å². The van der Waals surface area contributed by atoms with E-state index in [2.05, 4.69) is 208 Å². The zero-order valence-corrected chi connectivity index (χ0v) is 42.5. The quantitative estimate of drug-likeness (QED) is 0.177. The van der Waals surface area contributed by atoms with Crippen molar-refractivity contribution < 1.29 is 46.1 Å². The molecule has 6 rings (SSSR count). The standard InChI is InChI=1S/C21H25.C21H26.C10H17Si.2ClH.Zr/c1-20(2,3)16-7-9-18-14(12-16)11-15-13-17(21(4,5)6)8-10-19(15)18;1-20(2,3)18-11-7-16(8-12-18)15-17-9-13-19(14-10-17)21(4,5)6;1-8-6-9(2)10(7-8)11(3,4)5;;;/h7-13H,1-6H3;7-14H,1-6H3;7-8H,1-5H3;2*1H;/q;;;;;+2/p-2. The van der Waals surface area contributed by atoms with Crippen LogP contribution in [0.2, 0.25) is 19.6 Å². The normalized spacial score (nSPS) is 16.0. The molecule has 4 aromatic rings. The maximum atomic E-state index is 2.70. The van der Waals surface area contributed by atoms with Gasteiger partial charge in [-0.05, 0) is 0 Å². The Balaban J connectivity index is 0.00000348. The fourth-order valence-electron chi connectivity index (χ4n) is 8.90. The smallest absolute Gasteiger partial charge is 1.00 e. The molecule has 4 heteroatoms. The van der Waals surface area contributed by atoms with E-state index in [1.54, 1.807) is 28.4 Å². The average molecular weight is 883 g/mol. The molecule has 0 aliphatic heterocycles. The number of fused-ring (bicyclic) bond motifs is 3. The van der Waals surface area contributed by atoms with Crippen molar-refractivity contribution in [3.05, 3.63) is 150 Å². The van der Waals surface area contributed by atoms with Gasteiger partial charge in [0.05, 0.1) is 0 Å². The topological polar surface area (TPSA) is 0 Å². The van der Waals surface area contributed by atoms with Crippen LogP contribution in [0.4, 0.5) is 0 Å². The van der Waals surface area contributed by atoms with Crippen molar-refractivity contribution in [3.8, 4) is 11.1 Å². The Kier molecular flexibility index (Phi) is 13.5. The molecule has 0 spiro atoms. The first-order chi connectivity index (χ1) is 24.8. The van der Waals surface area contributed by atoms with Gasteiger partial charge in [0.25, 0.3) is 0 Å². The van der Waals surface area contributed by atoms with E-state index in [1.165, 1.54) is 44.5 Å². The number of rotatable bonds is 5. The van der Waals surface area contributed by atoms with Gasteiger partial charge in [-0.25, -0.2) is 0 Å². The molecule has 0 radical (unpaired) electrons. The van der Waals surface area contributed by atoms with Gasteiger partial charge in [0.2, 0.25) is 0 Å². The zero-order valence-electron chi connectivity index (χ0n) is 37.6. The molecule has 0 heterocycles. The second-order valence-corrected chi connectivity index (χ2v) is 32.7. The number of benzene rings is 4. The van der Waals surface area contributed by atoms with Crippen molar-refractivity contribution in [3.63, 3.8) is 0 Å². The average Bonchev–Trinajstić information content (AvgIpc) is 3.54. The van der Waals surface area contributed by atoms with Gasteiger partial charge in [0, 0.05) is 0 Å². The van der Waals surface area contributed by atoms with Crippen molar-refractivity contribution in [1.82, 2.24) is 0 Å². The minimum Gasteiger partial charge on any atom is -1.00 e. The number of halogens is 2. The predicted molar refractivity (Wildman–Crippen MR) is 238 cm³/mol. The molecule has 0 saturated carbocycles. The third kappa shape index (κ3) is 9.05. The summed E-state index contributed by atoms with van der Waals surface area (Å²) in [6, 6.07) is 34.7. The van der Waals surface area contributed by atoms with E-state index in [1.807, 2.05) is 0 Å². The van der Waals surface area contributed by atoms with Crippen molar-refractivity contribution in [1.29, 1.82) is 0 Å². The number of hydrogen-bond donors (Lipinski definition) is 0. The van der Waals surface area contributed by atoms with Crippen molar-refractivity contribution >= 4 is 11.3 Å². The molecule has 0 bridgehead atoms. The first-order valence-electron chi connectivity index (χ1n) is 20.5. The Morgan fingerprint density at radius 1 is 0.518 bits per heavy atom. The fourth-order valence-corrected chi connectivity index (χ4v) is 21.1. The van der Waals surface area contributed by atoms with Crippen molar-refractivity contribution in [2.75, 3.05) is 0 Å². The summed E-state index contributed by atoms with van der Waals surface area (Å²) < 4.78 is 3.81. The van der Waals surface area contributed by atoms with Crippen molar-refractivity contribution in [2.24, 2.45) is 5.92 Å². The van der Waals surface area contributed by atoms with Crippen LogP contribution < -0.4 is 24.8 Å². The van der Waals surface area contributed by atoms with Gasteiger partial charge in [-0.3, -0.25) is 0 Å². The second-order valence-electron chi connectivity index (χ2n) is 21.6. The Morgan fingerprint density at radius 3 is 1.16 bits per heavy atom. The molecule has 0 N–H and O–H groups in total. The van der Waals surface area contributed by atoms with E-state index in [9.17, 15) is 0 Å². The van der Waals surface area contributed by atoms with Gasteiger partial charge in [-0.2, -0.15) is 0 Å². The van der Waals surface area contributed by atoms with E-state index in [0.717, 1.165) is 0 Å². The van der Waals surface area contributed by atoms with Gasteiger partial charge in [-0.1, -0.05) is 0 Å². The molecular formula is C52H68Cl2SiZr. The summed E-state index contributed by atoms with van der Waals surface area (Å²) >= 11 is -3.04. The summed E-state index contributed by atoms with van der Waals surface area (Å²) in [5.41, 5.74) is 16.5. The monoisotopic (exact) mass is 880 g/mol. The van der Waals surface area contributed by atoms with Crippen molar-refractivity contribution in [2.45, 2.75) is 142 Å². The summed E-state index contributed by atoms with van der Waals surface area (Å²) in [5.74, 6) is 0.433. The summed E-state index contributed by atoms with van der Waals surface area (Å²) in [7, 11) is -1.59. The summed E-state index contributed by atoms with van der Waals surface area (Å²) in [6.07, 6.45) is 2.70. The summed E-state index contributed by atoms with van der Waals surface area (Å²) in [6.45, 7) is 41.0. The molecule has 0 saturated heterocycles. The summed E-state index contributed by atoms with van der Waals surface area (Å²) in [5, 5.41) is 1.68. The maximum Gasteiger partial charge on any atom is -1.00 e. The molecule has 0 fully saturated rings. The van der Waals surface area contributed by atoms with E-state index in [4.69, 9.17) is 0 Å². The van der Waals surface area contributed by atoms with Crippen LogP contribution >= 0.6 is 0 Å². The molecule has 4 aromatic carbocycles. The van der Waals surface area contributed by atoms with Gasteiger partial charge < -0.3 is 24.8 Å². The molecule has 56 heavy (non-hydrogen) atoms. The zero-order chi connectivity index (χ0) is 39.9. The van der Waals surface area contributed by atoms with Crippen LogP contribution in [0.25, 0.3) is 11.1 Å². The van der Waals surface area contributed by atoms with Crippen LogP contribution in [0.5, 0.6) is 0 Å². The molecule has 2 aliphatic carbocycles. The van der Waals surface area contributed by atoms with Crippen LogP contribution in [0, 0.1) is 5.92 Å². The first kappa shape index (κ1) is 46.6. The Morgan fingerprint density at radius 2 is 0.857 bits per heavy atom. The maximum absolute atomic E-state index is 3.04. The predicted octanol–water partition coefficient (Wildman–Crippen LogP) is 8.57. The van der Waals surface area contributed by atoms with Gasteiger partial charge >= 0.3 is 341 Å². The molecule has 298 valence electrons. The first-order valence-corrected chi connectivity index (χ1v) is 27.9. The SMILES string of the molecule is CC1=[C]([Zr+2](=[C](c2ccc(C(C)(C)C)cc2)c2ccc(C(C)(C)C)cc2)[CH]2c3cc(C(C)(C)C)ccc3-c3ccc(C(C)(C)C)cc32)C(C)C=C1[Si](C)(C)C.[Cl-].[Cl-]. The van der Waals surface area contributed by atoms with E-state index >= 15 is 0 Å². The fraction of sp³-hybridized carbons (Fsp3) is 0.442. The minimum atomic E-state index is -3.04. The Hall–Kier alpha value is -2.09. The van der Waals surface area contributed by atoms with E-state index in [0.29, 0.717) is 9.54 Å². The molecule has 0 aromatic heterocycles. The largest absolute Gasteiger partial charge is 1.00 e. The van der Waals surface area contributed by atoms with Crippen LogP contribution in [0.1, 0.15) is 145 Å². The Labute approximate surface area is 363 Å². The molecule has 1 unspecified atom stereocenters. The molecule has 1 atom stereocenters. The van der Waals surface area contributed by atoms with E-state index < -0.39 is 29.3 Å². The van der Waals surface area contributed by atoms with Gasteiger partial charge in [-0.15, -0.1) is 0 Å². The molecule has 0 amide bonds. The molecular weight excluding hydrogens is 815 g/mol. The Bertz CT molecular complexity index is 2060. The summed E-state index contributed by atoms with van der Waals surface area (Å²) in [4.78, 5) is 0. The minimum absolute atomic E-state index is 0. The number of hydrogen-bond acceptors (Lipinski definition) is 0. The molecule has 2 aliphatic rings. The second kappa shape index (κ2) is 16.2. The third-order valence-electron chi connectivity index (χ3n) is 12.2. The molecule has 0 nitrogen and oxygen atoms in total. The third-order valence-corrected chi connectivity index (χ3v) is 23.5. The van der Waals surface area contributed by atoms with Gasteiger partial charge in [0.15, 0.2) is 0 Å². The van der Waals surface area contributed by atoms with E-state index in [-0.39, 0.29) is 46.5 Å². The van der Waals surface area contributed by atoms with Crippen LogP contribution in [-0.2, 0) is 42.9 Å². The van der Waals surface area contributed by atoms with Crippen LogP contribution in [0.15, 0.2) is 105 Å². The number of allylic oxidation sites excluding steroid dienone is 4. The van der Waals surface area contributed by atoms with Crippen LogP contribution in [0.3, 0.4) is 0 Å². The van der Waals surface area contributed by atoms with Crippen LogP contribution in [-0.4, -0.2) is 11.3 Å².